The molecule has 5 nitrogen and oxygen atoms in total. The van der Waals surface area contributed by atoms with Crippen molar-refractivity contribution in [3.63, 3.8) is 0 Å². The molecule has 1 aromatic heterocycles. The number of hydrogen-bond acceptors (Lipinski definition) is 4. The van der Waals surface area contributed by atoms with Gasteiger partial charge >= 0.3 is 6.18 Å². The standard InChI is InChI=1S/C14H15F3N4OS/c1-22-10-4-2-9(3-5-10)20-13(18)19-7-6-12-21-11(8-23-12)14(15,16)17/h2-5,8H,6-7H2,1H3,(H3,18,19,20). The van der Waals surface area contributed by atoms with Crippen molar-refractivity contribution in [3.8, 4) is 5.75 Å². The lowest BCUT2D eigenvalue weighted by Crippen LogP contribution is -2.23. The molecule has 124 valence electrons. The van der Waals surface area contributed by atoms with Gasteiger partial charge in [-0.25, -0.2) is 4.98 Å². The van der Waals surface area contributed by atoms with Crippen LogP contribution in [0.4, 0.5) is 18.9 Å². The lowest BCUT2D eigenvalue weighted by atomic mass is 10.3. The number of halogens is 3. The molecule has 3 N–H and O–H groups in total. The molecule has 2 rings (SSSR count). The van der Waals surface area contributed by atoms with Crippen molar-refractivity contribution in [2.24, 2.45) is 10.7 Å². The smallest absolute Gasteiger partial charge is 0.434 e. The van der Waals surface area contributed by atoms with Gasteiger partial charge in [-0.1, -0.05) is 0 Å². The Hall–Kier alpha value is -2.29. The molecule has 0 aliphatic carbocycles. The van der Waals surface area contributed by atoms with Crippen LogP contribution in [0.5, 0.6) is 5.75 Å². The fourth-order valence-corrected chi connectivity index (χ4v) is 2.48. The zero-order valence-corrected chi connectivity index (χ0v) is 13.0. The fraction of sp³-hybridized carbons (Fsp3) is 0.286. The van der Waals surface area contributed by atoms with Crippen LogP contribution in [0.3, 0.4) is 0 Å². The number of benzene rings is 1. The Labute approximate surface area is 135 Å². The van der Waals surface area contributed by atoms with Crippen LogP contribution >= 0.6 is 11.3 Å². The first-order valence-corrected chi connectivity index (χ1v) is 7.49. The number of hydrogen-bond donors (Lipinski definition) is 2. The third kappa shape index (κ3) is 5.13. The summed E-state index contributed by atoms with van der Waals surface area (Å²) >= 11 is 0.961. The molecule has 0 aliphatic rings. The first-order valence-electron chi connectivity index (χ1n) is 6.61. The SMILES string of the molecule is COc1ccc(NC(N)=NCCc2nc(C(F)(F)F)cs2)cc1. The number of methoxy groups -OCH3 is 1. The molecule has 23 heavy (non-hydrogen) atoms. The minimum absolute atomic E-state index is 0.183. The predicted molar refractivity (Wildman–Crippen MR) is 83.9 cm³/mol. The van der Waals surface area contributed by atoms with Gasteiger partial charge in [-0.2, -0.15) is 13.2 Å². The predicted octanol–water partition coefficient (Wildman–Crippen LogP) is 3.14. The molecule has 0 bridgehead atoms. The van der Waals surface area contributed by atoms with E-state index in [4.69, 9.17) is 10.5 Å². The number of alkyl halides is 3. The Bertz CT molecular complexity index is 667. The summed E-state index contributed by atoms with van der Waals surface area (Å²) in [6, 6.07) is 7.09. The number of thiazole rings is 1. The van der Waals surface area contributed by atoms with Gasteiger partial charge in [0.1, 0.15) is 5.75 Å². The van der Waals surface area contributed by atoms with Crippen LogP contribution in [-0.2, 0) is 12.6 Å². The minimum atomic E-state index is -4.41. The van der Waals surface area contributed by atoms with Crippen molar-refractivity contribution in [1.29, 1.82) is 0 Å². The molecular formula is C14H15F3N4OS. The minimum Gasteiger partial charge on any atom is -0.497 e. The van der Waals surface area contributed by atoms with Crippen molar-refractivity contribution in [3.05, 3.63) is 40.3 Å². The Kier molecular flexibility index (Phi) is 5.43. The topological polar surface area (TPSA) is 72.5 Å². The highest BCUT2D eigenvalue weighted by molar-refractivity contribution is 7.09. The van der Waals surface area contributed by atoms with Crippen LogP contribution in [0.25, 0.3) is 0 Å². The van der Waals surface area contributed by atoms with E-state index < -0.39 is 11.9 Å². The molecule has 0 radical (unpaired) electrons. The highest BCUT2D eigenvalue weighted by atomic mass is 32.1. The third-order valence-electron chi connectivity index (χ3n) is 2.81. The van der Waals surface area contributed by atoms with Gasteiger partial charge in [0, 0.05) is 24.0 Å². The van der Waals surface area contributed by atoms with E-state index in [1.807, 2.05) is 0 Å². The number of rotatable bonds is 5. The van der Waals surface area contributed by atoms with E-state index in [1.54, 1.807) is 31.4 Å². The third-order valence-corrected chi connectivity index (χ3v) is 3.72. The van der Waals surface area contributed by atoms with Crippen molar-refractivity contribution < 1.29 is 17.9 Å². The maximum absolute atomic E-state index is 12.4. The van der Waals surface area contributed by atoms with Gasteiger partial charge in [0.2, 0.25) is 0 Å². The molecule has 1 heterocycles. The van der Waals surface area contributed by atoms with Crippen LogP contribution < -0.4 is 15.8 Å². The molecule has 0 fully saturated rings. The Morgan fingerprint density at radius 2 is 2.04 bits per heavy atom. The van der Waals surface area contributed by atoms with E-state index in [9.17, 15) is 13.2 Å². The molecule has 9 heteroatoms. The van der Waals surface area contributed by atoms with Crippen molar-refractivity contribution in [2.45, 2.75) is 12.6 Å². The molecule has 0 aliphatic heterocycles. The molecule has 0 spiro atoms. The summed E-state index contributed by atoms with van der Waals surface area (Å²) in [6.07, 6.45) is -4.11. The normalized spacial score (nSPS) is 12.3. The number of ether oxygens (including phenoxy) is 1. The van der Waals surface area contributed by atoms with Crippen molar-refractivity contribution in [2.75, 3.05) is 19.0 Å². The van der Waals surface area contributed by atoms with Gasteiger partial charge in [0.05, 0.1) is 12.1 Å². The zero-order valence-electron chi connectivity index (χ0n) is 12.2. The van der Waals surface area contributed by atoms with Crippen LogP contribution in [0, 0.1) is 0 Å². The van der Waals surface area contributed by atoms with E-state index in [2.05, 4.69) is 15.3 Å². The van der Waals surface area contributed by atoms with Crippen LogP contribution in [0.15, 0.2) is 34.6 Å². The second-order valence-corrected chi connectivity index (χ2v) is 5.44. The number of nitrogens with one attached hydrogen (secondary N) is 1. The molecular weight excluding hydrogens is 329 g/mol. The summed E-state index contributed by atoms with van der Waals surface area (Å²) in [5.74, 6) is 0.901. The number of aliphatic imine (C=N–C) groups is 1. The summed E-state index contributed by atoms with van der Waals surface area (Å²) in [5, 5.41) is 4.26. The van der Waals surface area contributed by atoms with Gasteiger partial charge in [0.15, 0.2) is 11.7 Å². The highest BCUT2D eigenvalue weighted by Crippen LogP contribution is 2.30. The van der Waals surface area contributed by atoms with E-state index in [-0.39, 0.29) is 12.5 Å². The lowest BCUT2D eigenvalue weighted by molar-refractivity contribution is -0.140. The fourth-order valence-electron chi connectivity index (χ4n) is 1.69. The van der Waals surface area contributed by atoms with Gasteiger partial charge in [-0.05, 0) is 24.3 Å². The molecule has 0 unspecified atom stereocenters. The number of nitrogens with two attached hydrogens (primary N) is 1. The monoisotopic (exact) mass is 344 g/mol. The number of anilines is 1. The summed E-state index contributed by atoms with van der Waals surface area (Å²) in [6.45, 7) is 0.250. The molecule has 0 amide bonds. The van der Waals surface area contributed by atoms with Crippen molar-refractivity contribution in [1.82, 2.24) is 4.98 Å². The largest absolute Gasteiger partial charge is 0.497 e. The Morgan fingerprint density at radius 3 is 2.61 bits per heavy atom. The Morgan fingerprint density at radius 1 is 1.35 bits per heavy atom. The zero-order chi connectivity index (χ0) is 16.9. The van der Waals surface area contributed by atoms with Crippen molar-refractivity contribution >= 4 is 23.0 Å². The van der Waals surface area contributed by atoms with Gasteiger partial charge in [0.25, 0.3) is 0 Å². The summed E-state index contributed by atoms with van der Waals surface area (Å²) < 4.78 is 42.3. The summed E-state index contributed by atoms with van der Waals surface area (Å²) in [5.41, 5.74) is 5.59. The highest BCUT2D eigenvalue weighted by Gasteiger charge is 2.33. The van der Waals surface area contributed by atoms with E-state index in [0.717, 1.165) is 28.2 Å². The average molecular weight is 344 g/mol. The number of guanidine groups is 1. The first-order chi connectivity index (χ1) is 10.9. The van der Waals surface area contributed by atoms with Gasteiger partial charge < -0.3 is 15.8 Å². The number of aromatic nitrogens is 1. The van der Waals surface area contributed by atoms with Crippen LogP contribution in [0.2, 0.25) is 0 Å². The number of nitrogens with zero attached hydrogens (tertiary/aromatic N) is 2. The molecule has 0 atom stereocenters. The molecule has 2 aromatic rings. The second kappa shape index (κ2) is 7.32. The maximum Gasteiger partial charge on any atom is 0.434 e. The van der Waals surface area contributed by atoms with E-state index >= 15 is 0 Å². The molecule has 0 saturated heterocycles. The van der Waals surface area contributed by atoms with E-state index in [0.29, 0.717) is 11.4 Å². The summed E-state index contributed by atoms with van der Waals surface area (Å²) in [7, 11) is 1.57. The van der Waals surface area contributed by atoms with E-state index in [1.165, 1.54) is 0 Å². The average Bonchev–Trinajstić information content (AvgIpc) is 2.97. The molecule has 0 saturated carbocycles. The van der Waals surface area contributed by atoms with Gasteiger partial charge in [-0.15, -0.1) is 11.3 Å². The quantitative estimate of drug-likeness (QED) is 0.646. The van der Waals surface area contributed by atoms with Gasteiger partial charge in [-0.3, -0.25) is 4.99 Å². The van der Waals surface area contributed by atoms with Crippen LogP contribution in [0.1, 0.15) is 10.7 Å². The van der Waals surface area contributed by atoms with Crippen LogP contribution in [-0.4, -0.2) is 24.6 Å². The lowest BCUT2D eigenvalue weighted by Gasteiger charge is -2.06. The Balaban J connectivity index is 1.85. The summed E-state index contributed by atoms with van der Waals surface area (Å²) in [4.78, 5) is 7.60. The molecule has 1 aromatic carbocycles. The maximum atomic E-state index is 12.4. The first kappa shape index (κ1) is 17.1. The second-order valence-electron chi connectivity index (χ2n) is 4.49.